The lowest BCUT2D eigenvalue weighted by Crippen LogP contribution is -2.15. The van der Waals surface area contributed by atoms with Crippen LogP contribution in [0, 0.1) is 13.8 Å². The van der Waals surface area contributed by atoms with Crippen LogP contribution in [0.3, 0.4) is 0 Å². The number of carbonyl (C=O) groups is 2. The van der Waals surface area contributed by atoms with E-state index in [1.165, 1.54) is 25.3 Å². The molecule has 0 radical (unpaired) electrons. The van der Waals surface area contributed by atoms with E-state index in [2.05, 4.69) is 4.74 Å². The number of esters is 2. The maximum absolute atomic E-state index is 12.8. The summed E-state index contributed by atoms with van der Waals surface area (Å²) in [7, 11) is -2.87. The standard InChI is InChI=1S/C24H22O7S/c1-16-8-9-17(2)22(14-16)32(27,28)31-21-7-5-4-6-20(21)24(26)30-15-18-10-12-19(13-11-18)23(25)29-3/h4-14H,15H2,1-3H3. The molecule has 0 atom stereocenters. The molecule has 3 aromatic carbocycles. The Hall–Kier alpha value is -3.65. The van der Waals surface area contributed by atoms with Gasteiger partial charge in [-0.15, -0.1) is 0 Å². The average Bonchev–Trinajstić information content (AvgIpc) is 2.79. The summed E-state index contributed by atoms with van der Waals surface area (Å²) < 4.78 is 40.9. The van der Waals surface area contributed by atoms with Crippen molar-refractivity contribution >= 4 is 22.1 Å². The van der Waals surface area contributed by atoms with Gasteiger partial charge in [-0.3, -0.25) is 0 Å². The van der Waals surface area contributed by atoms with E-state index in [0.717, 1.165) is 5.56 Å². The van der Waals surface area contributed by atoms with Crippen LogP contribution in [-0.4, -0.2) is 27.5 Å². The van der Waals surface area contributed by atoms with Gasteiger partial charge in [0.1, 0.15) is 17.1 Å². The van der Waals surface area contributed by atoms with Crippen LogP contribution < -0.4 is 4.18 Å². The molecule has 0 amide bonds. The first-order valence-electron chi connectivity index (χ1n) is 9.66. The first-order chi connectivity index (χ1) is 15.2. The van der Waals surface area contributed by atoms with Crippen molar-refractivity contribution in [2.45, 2.75) is 25.3 Å². The zero-order valence-corrected chi connectivity index (χ0v) is 18.6. The van der Waals surface area contributed by atoms with Gasteiger partial charge in [-0.05, 0) is 60.9 Å². The summed E-state index contributed by atoms with van der Waals surface area (Å²) in [4.78, 5) is 24.2. The van der Waals surface area contributed by atoms with Crippen LogP contribution >= 0.6 is 0 Å². The Balaban J connectivity index is 1.76. The molecule has 32 heavy (non-hydrogen) atoms. The van der Waals surface area contributed by atoms with Gasteiger partial charge in [0.15, 0.2) is 5.75 Å². The molecular weight excluding hydrogens is 432 g/mol. The van der Waals surface area contributed by atoms with Crippen LogP contribution in [0.25, 0.3) is 0 Å². The molecule has 3 rings (SSSR count). The molecular formula is C24H22O7S. The van der Waals surface area contributed by atoms with Crippen LogP contribution in [0.2, 0.25) is 0 Å². The molecule has 166 valence electrons. The topological polar surface area (TPSA) is 96.0 Å². The monoisotopic (exact) mass is 454 g/mol. The van der Waals surface area contributed by atoms with Crippen LogP contribution in [0.5, 0.6) is 5.75 Å². The Morgan fingerprint density at radius 3 is 2.25 bits per heavy atom. The summed E-state index contributed by atoms with van der Waals surface area (Å²) in [5, 5.41) is 0. The minimum atomic E-state index is -4.16. The van der Waals surface area contributed by atoms with Gasteiger partial charge in [-0.25, -0.2) is 9.59 Å². The molecule has 0 N–H and O–H groups in total. The number of ether oxygens (including phenoxy) is 2. The van der Waals surface area contributed by atoms with Crippen molar-refractivity contribution in [1.82, 2.24) is 0 Å². The first-order valence-corrected chi connectivity index (χ1v) is 11.1. The predicted octanol–water partition coefficient (Wildman–Crippen LogP) is 4.21. The normalized spacial score (nSPS) is 11.0. The quantitative estimate of drug-likeness (QED) is 0.390. The number of methoxy groups -OCH3 is 1. The first kappa shape index (κ1) is 23.0. The number of hydrogen-bond acceptors (Lipinski definition) is 7. The molecule has 0 aliphatic carbocycles. The summed E-state index contributed by atoms with van der Waals surface area (Å²) in [5.74, 6) is -1.34. The molecule has 0 aromatic heterocycles. The molecule has 0 aliphatic heterocycles. The summed E-state index contributed by atoms with van der Waals surface area (Å²) >= 11 is 0. The molecule has 0 spiro atoms. The number of hydrogen-bond donors (Lipinski definition) is 0. The largest absolute Gasteiger partial charge is 0.465 e. The number of aryl methyl sites for hydroxylation is 2. The lowest BCUT2D eigenvalue weighted by molar-refractivity contribution is 0.0469. The van der Waals surface area contributed by atoms with Gasteiger partial charge in [-0.2, -0.15) is 8.42 Å². The highest BCUT2D eigenvalue weighted by Gasteiger charge is 2.23. The number of para-hydroxylation sites is 1. The zero-order chi connectivity index (χ0) is 23.3. The minimum Gasteiger partial charge on any atom is -0.465 e. The van der Waals surface area contributed by atoms with E-state index in [1.807, 2.05) is 0 Å². The number of rotatable bonds is 7. The average molecular weight is 455 g/mol. The highest BCUT2D eigenvalue weighted by Crippen LogP contribution is 2.26. The van der Waals surface area contributed by atoms with Gasteiger partial charge >= 0.3 is 22.1 Å². The SMILES string of the molecule is COC(=O)c1ccc(COC(=O)c2ccccc2OS(=O)(=O)c2cc(C)ccc2C)cc1. The second-order valence-corrected chi connectivity index (χ2v) is 8.58. The van der Waals surface area contributed by atoms with Crippen molar-refractivity contribution in [1.29, 1.82) is 0 Å². The minimum absolute atomic E-state index is 0.0208. The van der Waals surface area contributed by atoms with Gasteiger partial charge < -0.3 is 13.7 Å². The maximum Gasteiger partial charge on any atom is 0.342 e. The second kappa shape index (κ2) is 9.65. The summed E-state index contributed by atoms with van der Waals surface area (Å²) in [6.45, 7) is 3.38. The van der Waals surface area contributed by atoms with Crippen LogP contribution in [0.15, 0.2) is 71.6 Å². The van der Waals surface area contributed by atoms with Crippen molar-refractivity contribution < 1.29 is 31.7 Å². The summed E-state index contributed by atoms with van der Waals surface area (Å²) in [6.07, 6.45) is 0. The molecule has 7 nitrogen and oxygen atoms in total. The zero-order valence-electron chi connectivity index (χ0n) is 17.8. The fourth-order valence-electron chi connectivity index (χ4n) is 2.93. The van der Waals surface area contributed by atoms with E-state index < -0.39 is 22.1 Å². The third kappa shape index (κ3) is 5.33. The number of carbonyl (C=O) groups excluding carboxylic acids is 2. The summed E-state index contributed by atoms with van der Waals surface area (Å²) in [6, 6.07) is 17.4. The van der Waals surface area contributed by atoms with E-state index in [9.17, 15) is 18.0 Å². The van der Waals surface area contributed by atoms with E-state index in [4.69, 9.17) is 8.92 Å². The Morgan fingerprint density at radius 2 is 1.56 bits per heavy atom. The van der Waals surface area contributed by atoms with Crippen LogP contribution in [-0.2, 0) is 26.2 Å². The van der Waals surface area contributed by atoms with Crippen molar-refractivity contribution in [3.8, 4) is 5.75 Å². The van der Waals surface area contributed by atoms with Crippen LogP contribution in [0.1, 0.15) is 37.4 Å². The van der Waals surface area contributed by atoms with Gasteiger partial charge in [0.05, 0.1) is 12.7 Å². The Labute approximate surface area is 186 Å². The van der Waals surface area contributed by atoms with E-state index in [-0.39, 0.29) is 22.8 Å². The second-order valence-electron chi connectivity index (χ2n) is 7.07. The smallest absolute Gasteiger partial charge is 0.342 e. The molecule has 0 aliphatic rings. The van der Waals surface area contributed by atoms with Gasteiger partial charge in [0.25, 0.3) is 0 Å². The Morgan fingerprint density at radius 1 is 0.875 bits per heavy atom. The molecule has 0 unspecified atom stereocenters. The Bertz CT molecular complexity index is 1250. The molecule has 0 saturated carbocycles. The fourth-order valence-corrected chi connectivity index (χ4v) is 4.19. The molecule has 8 heteroatoms. The van der Waals surface area contributed by atoms with Crippen molar-refractivity contribution in [3.05, 3.63) is 94.5 Å². The van der Waals surface area contributed by atoms with Crippen molar-refractivity contribution in [2.75, 3.05) is 7.11 Å². The fraction of sp³-hybridized carbons (Fsp3) is 0.167. The third-order valence-electron chi connectivity index (χ3n) is 4.66. The van der Waals surface area contributed by atoms with Gasteiger partial charge in [0, 0.05) is 0 Å². The lowest BCUT2D eigenvalue weighted by atomic mass is 10.1. The summed E-state index contributed by atoms with van der Waals surface area (Å²) in [5.41, 5.74) is 2.30. The van der Waals surface area contributed by atoms with Gasteiger partial charge in [-0.1, -0.05) is 36.4 Å². The molecule has 3 aromatic rings. The van der Waals surface area contributed by atoms with Gasteiger partial charge in [0.2, 0.25) is 0 Å². The van der Waals surface area contributed by atoms with E-state index in [1.54, 1.807) is 62.4 Å². The lowest BCUT2D eigenvalue weighted by Gasteiger charge is -2.13. The van der Waals surface area contributed by atoms with E-state index >= 15 is 0 Å². The van der Waals surface area contributed by atoms with E-state index in [0.29, 0.717) is 16.7 Å². The molecule has 0 bridgehead atoms. The highest BCUT2D eigenvalue weighted by molar-refractivity contribution is 7.87. The van der Waals surface area contributed by atoms with Crippen molar-refractivity contribution in [3.63, 3.8) is 0 Å². The number of benzene rings is 3. The van der Waals surface area contributed by atoms with Crippen LogP contribution in [0.4, 0.5) is 0 Å². The molecule has 0 fully saturated rings. The van der Waals surface area contributed by atoms with Crippen molar-refractivity contribution in [2.24, 2.45) is 0 Å². The molecule has 0 heterocycles. The molecule has 0 saturated heterocycles. The highest BCUT2D eigenvalue weighted by atomic mass is 32.2. The third-order valence-corrected chi connectivity index (χ3v) is 6.04. The maximum atomic E-state index is 12.8. The Kier molecular flexibility index (Phi) is 6.95. The predicted molar refractivity (Wildman–Crippen MR) is 117 cm³/mol.